The van der Waals surface area contributed by atoms with Gasteiger partial charge in [0.15, 0.2) is 5.16 Å². The van der Waals surface area contributed by atoms with Gasteiger partial charge in [0.2, 0.25) is 5.91 Å². The smallest absolute Gasteiger partial charge is 0.234 e. The van der Waals surface area contributed by atoms with Crippen LogP contribution in [0.5, 0.6) is 0 Å². The maximum atomic E-state index is 12.1. The second-order valence-corrected chi connectivity index (χ2v) is 6.68. The van der Waals surface area contributed by atoms with E-state index in [9.17, 15) is 4.79 Å². The van der Waals surface area contributed by atoms with Gasteiger partial charge < -0.3 is 9.88 Å². The largest absolute Gasteiger partial charge is 0.324 e. The van der Waals surface area contributed by atoms with Gasteiger partial charge in [-0.15, -0.1) is 16.8 Å². The number of rotatable bonds is 7. The molecule has 7 heteroatoms. The monoisotopic (exact) mass is 348 g/mol. The van der Waals surface area contributed by atoms with Crippen molar-refractivity contribution in [2.75, 3.05) is 11.1 Å². The van der Waals surface area contributed by atoms with Gasteiger partial charge in [-0.05, 0) is 25.0 Å². The van der Waals surface area contributed by atoms with Gasteiger partial charge in [-0.1, -0.05) is 41.6 Å². The zero-order chi connectivity index (χ0) is 16.2. The van der Waals surface area contributed by atoms with Crippen molar-refractivity contribution in [3.05, 3.63) is 47.8 Å². The minimum absolute atomic E-state index is 0.121. The molecule has 1 aromatic heterocycles. The number of thioether (sulfide) groups is 1. The molecule has 0 unspecified atom stereocenters. The van der Waals surface area contributed by atoms with Crippen molar-refractivity contribution in [1.29, 1.82) is 0 Å². The lowest BCUT2D eigenvalue weighted by Crippen LogP contribution is -2.15. The van der Waals surface area contributed by atoms with Crippen LogP contribution in [0.25, 0.3) is 0 Å². The van der Waals surface area contributed by atoms with Crippen molar-refractivity contribution in [2.24, 2.45) is 0 Å². The van der Waals surface area contributed by atoms with Crippen LogP contribution in [0.2, 0.25) is 5.02 Å². The second-order valence-electron chi connectivity index (χ2n) is 5.33. The summed E-state index contributed by atoms with van der Waals surface area (Å²) < 4.78 is 2.04. The van der Waals surface area contributed by atoms with E-state index in [4.69, 9.17) is 11.6 Å². The molecule has 0 saturated heterocycles. The fourth-order valence-corrected chi connectivity index (χ4v) is 3.17. The lowest BCUT2D eigenvalue weighted by Gasteiger charge is -2.08. The quantitative estimate of drug-likeness (QED) is 0.612. The summed E-state index contributed by atoms with van der Waals surface area (Å²) in [6.07, 6.45) is 4.14. The topological polar surface area (TPSA) is 59.8 Å². The fourth-order valence-electron chi connectivity index (χ4n) is 2.23. The Kier molecular flexibility index (Phi) is 5.03. The van der Waals surface area contributed by atoms with Gasteiger partial charge in [-0.3, -0.25) is 4.79 Å². The third-order valence-electron chi connectivity index (χ3n) is 3.48. The van der Waals surface area contributed by atoms with E-state index in [1.54, 1.807) is 12.1 Å². The van der Waals surface area contributed by atoms with E-state index in [-0.39, 0.29) is 11.7 Å². The van der Waals surface area contributed by atoms with Crippen LogP contribution in [0.1, 0.15) is 24.6 Å². The normalized spacial score (nSPS) is 13.8. The predicted octanol–water partition coefficient (Wildman–Crippen LogP) is 3.73. The molecule has 0 bridgehead atoms. The molecule has 1 aromatic carbocycles. The highest BCUT2D eigenvalue weighted by molar-refractivity contribution is 7.99. The molecule has 5 nitrogen and oxygen atoms in total. The number of hydrogen-bond acceptors (Lipinski definition) is 4. The van der Waals surface area contributed by atoms with Crippen LogP contribution in [0.4, 0.5) is 5.69 Å². The Hall–Kier alpha value is -1.79. The summed E-state index contributed by atoms with van der Waals surface area (Å²) in [7, 11) is 0. The highest BCUT2D eigenvalue weighted by atomic mass is 35.5. The van der Waals surface area contributed by atoms with E-state index >= 15 is 0 Å². The van der Waals surface area contributed by atoms with E-state index in [0.717, 1.165) is 23.8 Å². The zero-order valence-electron chi connectivity index (χ0n) is 12.5. The zero-order valence-corrected chi connectivity index (χ0v) is 14.1. The molecule has 2 aromatic rings. The van der Waals surface area contributed by atoms with Gasteiger partial charge in [0.1, 0.15) is 5.82 Å². The Morgan fingerprint density at radius 3 is 2.91 bits per heavy atom. The van der Waals surface area contributed by atoms with Crippen molar-refractivity contribution >= 4 is 35.0 Å². The molecule has 0 atom stereocenters. The molecule has 1 heterocycles. The van der Waals surface area contributed by atoms with Crippen LogP contribution in [0.15, 0.2) is 42.1 Å². The Morgan fingerprint density at radius 1 is 1.43 bits per heavy atom. The first kappa shape index (κ1) is 16.1. The van der Waals surface area contributed by atoms with Crippen LogP contribution in [-0.2, 0) is 11.3 Å². The summed E-state index contributed by atoms with van der Waals surface area (Å²) in [5.41, 5.74) is 0.617. The standard InChI is InChI=1S/C16H17ClN4OS/c1-2-9-21-15(11-7-8-11)19-20-16(21)23-10-14(22)18-13-6-4-3-5-12(13)17/h2-6,11H,1,7-10H2,(H,18,22). The van der Waals surface area contributed by atoms with Crippen LogP contribution in [0.3, 0.4) is 0 Å². The van der Waals surface area contributed by atoms with E-state index in [0.29, 0.717) is 23.2 Å². The lowest BCUT2D eigenvalue weighted by molar-refractivity contribution is -0.113. The summed E-state index contributed by atoms with van der Waals surface area (Å²) in [6.45, 7) is 4.44. The summed E-state index contributed by atoms with van der Waals surface area (Å²) in [5.74, 6) is 1.64. The molecular formula is C16H17ClN4OS. The third-order valence-corrected chi connectivity index (χ3v) is 4.78. The maximum absolute atomic E-state index is 12.1. The number of nitrogens with one attached hydrogen (secondary N) is 1. The van der Waals surface area contributed by atoms with E-state index in [1.807, 2.05) is 22.8 Å². The average molecular weight is 349 g/mol. The number of halogens is 1. The number of nitrogens with zero attached hydrogens (tertiary/aromatic N) is 3. The van der Waals surface area contributed by atoms with Gasteiger partial charge in [0.25, 0.3) is 0 Å². The molecular weight excluding hydrogens is 332 g/mol. The van der Waals surface area contributed by atoms with Crippen molar-refractivity contribution < 1.29 is 4.79 Å². The first-order valence-corrected chi connectivity index (χ1v) is 8.76. The molecule has 120 valence electrons. The van der Waals surface area contributed by atoms with Gasteiger partial charge in [-0.25, -0.2) is 0 Å². The van der Waals surface area contributed by atoms with Gasteiger partial charge in [0.05, 0.1) is 16.5 Å². The molecule has 3 rings (SSSR count). The average Bonchev–Trinajstić information content (AvgIpc) is 3.30. The highest BCUT2D eigenvalue weighted by Crippen LogP contribution is 2.40. The number of hydrogen-bond donors (Lipinski definition) is 1. The summed E-state index contributed by atoms with van der Waals surface area (Å²) in [6, 6.07) is 7.17. The van der Waals surface area contributed by atoms with Crippen molar-refractivity contribution in [3.63, 3.8) is 0 Å². The fraction of sp³-hybridized carbons (Fsp3) is 0.312. The van der Waals surface area contributed by atoms with E-state index < -0.39 is 0 Å². The van der Waals surface area contributed by atoms with Crippen molar-refractivity contribution in [1.82, 2.24) is 14.8 Å². The van der Waals surface area contributed by atoms with Crippen LogP contribution < -0.4 is 5.32 Å². The van der Waals surface area contributed by atoms with Gasteiger partial charge in [0, 0.05) is 12.5 Å². The molecule has 1 aliphatic carbocycles. The predicted molar refractivity (Wildman–Crippen MR) is 93.0 cm³/mol. The number of anilines is 1. The Morgan fingerprint density at radius 2 is 2.22 bits per heavy atom. The SMILES string of the molecule is C=CCn1c(SCC(=O)Nc2ccccc2Cl)nnc1C1CC1. The molecule has 0 spiro atoms. The third kappa shape index (κ3) is 3.95. The highest BCUT2D eigenvalue weighted by Gasteiger charge is 2.30. The number of benzene rings is 1. The molecule has 1 aliphatic rings. The number of amides is 1. The molecule has 0 aliphatic heterocycles. The Labute approximate surface area is 144 Å². The van der Waals surface area contributed by atoms with Crippen LogP contribution in [0, 0.1) is 0 Å². The molecule has 23 heavy (non-hydrogen) atoms. The number of carbonyl (C=O) groups excluding carboxylic acids is 1. The lowest BCUT2D eigenvalue weighted by atomic mass is 10.3. The second kappa shape index (κ2) is 7.19. The van der Waals surface area contributed by atoms with E-state index in [1.165, 1.54) is 11.8 Å². The van der Waals surface area contributed by atoms with E-state index in [2.05, 4.69) is 22.1 Å². The number of aromatic nitrogens is 3. The molecule has 1 N–H and O–H groups in total. The molecule has 1 amide bonds. The number of allylic oxidation sites excluding steroid dienone is 1. The maximum Gasteiger partial charge on any atom is 0.234 e. The minimum atomic E-state index is -0.121. The van der Waals surface area contributed by atoms with Gasteiger partial charge in [-0.2, -0.15) is 0 Å². The van der Waals surface area contributed by atoms with Crippen LogP contribution >= 0.6 is 23.4 Å². The summed E-state index contributed by atoms with van der Waals surface area (Å²) in [4.78, 5) is 12.1. The minimum Gasteiger partial charge on any atom is -0.324 e. The first-order valence-electron chi connectivity index (χ1n) is 7.40. The number of para-hydroxylation sites is 1. The summed E-state index contributed by atoms with van der Waals surface area (Å²) in [5, 5.41) is 12.6. The first-order chi connectivity index (χ1) is 11.2. The summed E-state index contributed by atoms with van der Waals surface area (Å²) >= 11 is 7.41. The molecule has 1 saturated carbocycles. The van der Waals surface area contributed by atoms with Crippen molar-refractivity contribution in [2.45, 2.75) is 30.5 Å². The van der Waals surface area contributed by atoms with Crippen molar-refractivity contribution in [3.8, 4) is 0 Å². The van der Waals surface area contributed by atoms with Gasteiger partial charge >= 0.3 is 0 Å². The molecule has 0 radical (unpaired) electrons. The molecule has 1 fully saturated rings. The van der Waals surface area contributed by atoms with Crippen LogP contribution in [-0.4, -0.2) is 26.4 Å². The Bertz CT molecular complexity index is 727. The number of carbonyl (C=O) groups is 1. The Balaban J connectivity index is 1.62.